The molecular formula is C28H31N3O5. The van der Waals surface area contributed by atoms with Gasteiger partial charge in [0.25, 0.3) is 5.91 Å². The summed E-state index contributed by atoms with van der Waals surface area (Å²) >= 11 is 0. The molecule has 188 valence electrons. The van der Waals surface area contributed by atoms with Gasteiger partial charge in [0.2, 0.25) is 11.8 Å². The Bertz CT molecular complexity index is 1160. The van der Waals surface area contributed by atoms with Crippen LogP contribution in [0.15, 0.2) is 48.5 Å². The summed E-state index contributed by atoms with van der Waals surface area (Å²) in [5.74, 6) is -0.0651. The van der Waals surface area contributed by atoms with Crippen LogP contribution >= 0.6 is 0 Å². The fraction of sp³-hybridized carbons (Fsp3) is 0.464. The van der Waals surface area contributed by atoms with Crippen LogP contribution < -0.4 is 10.1 Å². The molecule has 2 aromatic rings. The third-order valence-corrected chi connectivity index (χ3v) is 7.87. The predicted molar refractivity (Wildman–Crippen MR) is 131 cm³/mol. The number of fused-ring (bicyclic) bond motifs is 1. The molecule has 0 spiro atoms. The molecule has 8 nitrogen and oxygen atoms in total. The van der Waals surface area contributed by atoms with Gasteiger partial charge in [-0.1, -0.05) is 30.3 Å². The molecule has 8 heteroatoms. The number of hydrogen-bond acceptors (Lipinski definition) is 6. The molecule has 0 bridgehead atoms. The quantitative estimate of drug-likeness (QED) is 0.602. The van der Waals surface area contributed by atoms with Crippen molar-refractivity contribution in [3.8, 4) is 5.75 Å². The topological polar surface area (TPSA) is 88.2 Å². The molecular weight excluding hydrogens is 458 g/mol. The molecule has 6 rings (SSSR count). The fourth-order valence-electron chi connectivity index (χ4n) is 5.89. The SMILES string of the molecule is O=C1CCC(N2Cc3cc(OC4CCCC4N4CC(OCc5ccccc5)C4)ccc3C2=O)C(=O)N1. The Morgan fingerprint density at radius 2 is 1.81 bits per heavy atom. The van der Waals surface area contributed by atoms with Crippen molar-refractivity contribution in [3.63, 3.8) is 0 Å². The van der Waals surface area contributed by atoms with Crippen LogP contribution in [-0.4, -0.2) is 64.9 Å². The number of ether oxygens (including phenoxy) is 2. The number of nitrogens with one attached hydrogen (secondary N) is 1. The molecule has 1 N–H and O–H groups in total. The predicted octanol–water partition coefficient (Wildman–Crippen LogP) is 2.65. The van der Waals surface area contributed by atoms with Crippen molar-refractivity contribution < 1.29 is 23.9 Å². The van der Waals surface area contributed by atoms with E-state index in [-0.39, 0.29) is 30.4 Å². The van der Waals surface area contributed by atoms with E-state index in [1.54, 1.807) is 11.0 Å². The van der Waals surface area contributed by atoms with E-state index in [1.165, 1.54) is 5.56 Å². The third kappa shape index (κ3) is 4.51. The van der Waals surface area contributed by atoms with Gasteiger partial charge >= 0.3 is 0 Å². The van der Waals surface area contributed by atoms with Gasteiger partial charge in [-0.25, -0.2) is 0 Å². The van der Waals surface area contributed by atoms with Crippen LogP contribution in [0, 0.1) is 0 Å². The highest BCUT2D eigenvalue weighted by Gasteiger charge is 2.42. The second kappa shape index (κ2) is 9.67. The molecule has 1 aliphatic carbocycles. The Hall–Kier alpha value is -3.23. The highest BCUT2D eigenvalue weighted by Crippen LogP contribution is 2.34. The van der Waals surface area contributed by atoms with Gasteiger partial charge in [-0.2, -0.15) is 0 Å². The summed E-state index contributed by atoms with van der Waals surface area (Å²) in [6.45, 7) is 2.86. The van der Waals surface area contributed by atoms with Gasteiger partial charge in [0.1, 0.15) is 17.9 Å². The highest BCUT2D eigenvalue weighted by molar-refractivity contribution is 6.05. The van der Waals surface area contributed by atoms with Gasteiger partial charge in [-0.3, -0.25) is 24.6 Å². The van der Waals surface area contributed by atoms with Crippen LogP contribution in [0.1, 0.15) is 53.6 Å². The standard InChI is InChI=1S/C28H31N3O5/c32-26-12-11-24(27(33)29-26)31-14-19-13-20(9-10-22(19)28(31)34)36-25-8-4-7-23(25)30-15-21(16-30)35-17-18-5-2-1-3-6-18/h1-3,5-6,9-10,13,21,23-25H,4,7-8,11-12,14-17H2,(H,29,32,33). The number of piperidine rings is 1. The van der Waals surface area contributed by atoms with E-state index >= 15 is 0 Å². The molecule has 36 heavy (non-hydrogen) atoms. The zero-order chi connectivity index (χ0) is 24.6. The first kappa shape index (κ1) is 23.2. The maximum atomic E-state index is 12.9. The van der Waals surface area contributed by atoms with E-state index in [0.717, 1.165) is 43.7 Å². The summed E-state index contributed by atoms with van der Waals surface area (Å²) in [5.41, 5.74) is 2.68. The minimum absolute atomic E-state index is 0.112. The van der Waals surface area contributed by atoms with Crippen molar-refractivity contribution in [2.75, 3.05) is 13.1 Å². The fourth-order valence-corrected chi connectivity index (χ4v) is 5.89. The van der Waals surface area contributed by atoms with E-state index in [2.05, 4.69) is 22.3 Å². The maximum absolute atomic E-state index is 12.9. The molecule has 0 radical (unpaired) electrons. The van der Waals surface area contributed by atoms with E-state index in [9.17, 15) is 14.4 Å². The molecule has 3 atom stereocenters. The molecule has 3 amide bonds. The lowest BCUT2D eigenvalue weighted by Gasteiger charge is -2.44. The van der Waals surface area contributed by atoms with Gasteiger partial charge in [0, 0.05) is 37.7 Å². The van der Waals surface area contributed by atoms with Gasteiger partial charge < -0.3 is 14.4 Å². The Morgan fingerprint density at radius 1 is 0.972 bits per heavy atom. The monoisotopic (exact) mass is 489 g/mol. The first-order valence-corrected chi connectivity index (χ1v) is 12.9. The Balaban J connectivity index is 1.05. The summed E-state index contributed by atoms with van der Waals surface area (Å²) < 4.78 is 12.5. The second-order valence-corrected chi connectivity index (χ2v) is 10.2. The number of carbonyl (C=O) groups is 3. The van der Waals surface area contributed by atoms with Crippen LogP contribution in [0.25, 0.3) is 0 Å². The average molecular weight is 490 g/mol. The number of carbonyl (C=O) groups excluding carboxylic acids is 3. The van der Waals surface area contributed by atoms with Gasteiger partial charge in [-0.05, 0) is 55.0 Å². The van der Waals surface area contributed by atoms with E-state index in [1.807, 2.05) is 30.3 Å². The average Bonchev–Trinajstić information content (AvgIpc) is 3.43. The van der Waals surface area contributed by atoms with Crippen molar-refractivity contribution in [1.82, 2.24) is 15.1 Å². The van der Waals surface area contributed by atoms with Crippen molar-refractivity contribution in [1.29, 1.82) is 0 Å². The number of benzene rings is 2. The Labute approximate surface area is 210 Å². The molecule has 4 aliphatic rings. The van der Waals surface area contributed by atoms with E-state index in [0.29, 0.717) is 31.2 Å². The molecule has 0 aromatic heterocycles. The molecule has 3 unspecified atom stereocenters. The number of rotatable bonds is 7. The maximum Gasteiger partial charge on any atom is 0.255 e. The summed E-state index contributed by atoms with van der Waals surface area (Å²) in [4.78, 5) is 40.8. The van der Waals surface area contributed by atoms with E-state index < -0.39 is 11.9 Å². The normalized spacial score (nSPS) is 26.6. The Kier molecular flexibility index (Phi) is 6.23. The summed E-state index contributed by atoms with van der Waals surface area (Å²) in [6, 6.07) is 15.6. The first-order chi connectivity index (χ1) is 17.5. The molecule has 3 heterocycles. The number of imide groups is 1. The summed E-state index contributed by atoms with van der Waals surface area (Å²) in [6.07, 6.45) is 4.25. The smallest absolute Gasteiger partial charge is 0.255 e. The number of hydrogen-bond donors (Lipinski definition) is 1. The van der Waals surface area contributed by atoms with Crippen molar-refractivity contribution in [3.05, 3.63) is 65.2 Å². The number of likely N-dealkylation sites (tertiary alicyclic amines) is 1. The Morgan fingerprint density at radius 3 is 2.61 bits per heavy atom. The van der Waals surface area contributed by atoms with Gasteiger partial charge in [0.05, 0.1) is 12.7 Å². The van der Waals surface area contributed by atoms with Crippen molar-refractivity contribution in [2.45, 2.75) is 69.5 Å². The zero-order valence-corrected chi connectivity index (χ0v) is 20.2. The van der Waals surface area contributed by atoms with Crippen LogP contribution in [-0.2, 0) is 27.5 Å². The van der Waals surface area contributed by atoms with Crippen LogP contribution in [0.3, 0.4) is 0 Å². The highest BCUT2D eigenvalue weighted by atomic mass is 16.5. The molecule has 1 saturated carbocycles. The lowest BCUT2D eigenvalue weighted by atomic mass is 10.0. The first-order valence-electron chi connectivity index (χ1n) is 12.9. The minimum atomic E-state index is -0.602. The molecule has 2 aromatic carbocycles. The lowest BCUT2D eigenvalue weighted by Crippen LogP contribution is -2.58. The largest absolute Gasteiger partial charge is 0.489 e. The van der Waals surface area contributed by atoms with Gasteiger partial charge in [-0.15, -0.1) is 0 Å². The van der Waals surface area contributed by atoms with E-state index in [4.69, 9.17) is 9.47 Å². The summed E-state index contributed by atoms with van der Waals surface area (Å²) in [5, 5.41) is 2.35. The lowest BCUT2D eigenvalue weighted by molar-refractivity contribution is -0.136. The van der Waals surface area contributed by atoms with Crippen LogP contribution in [0.2, 0.25) is 0 Å². The summed E-state index contributed by atoms with van der Waals surface area (Å²) in [7, 11) is 0. The minimum Gasteiger partial charge on any atom is -0.489 e. The zero-order valence-electron chi connectivity index (χ0n) is 20.2. The second-order valence-electron chi connectivity index (χ2n) is 10.2. The molecule has 2 saturated heterocycles. The number of nitrogens with zero attached hydrogens (tertiary/aromatic N) is 2. The molecule has 3 aliphatic heterocycles. The number of amides is 3. The van der Waals surface area contributed by atoms with Crippen LogP contribution in [0.5, 0.6) is 5.75 Å². The van der Waals surface area contributed by atoms with Gasteiger partial charge in [0.15, 0.2) is 0 Å². The van der Waals surface area contributed by atoms with Crippen molar-refractivity contribution >= 4 is 17.7 Å². The van der Waals surface area contributed by atoms with Crippen molar-refractivity contribution in [2.24, 2.45) is 0 Å². The van der Waals surface area contributed by atoms with Crippen LogP contribution in [0.4, 0.5) is 0 Å². The third-order valence-electron chi connectivity index (χ3n) is 7.87. The molecule has 3 fully saturated rings.